The van der Waals surface area contributed by atoms with Crippen molar-refractivity contribution in [2.24, 2.45) is 11.7 Å². The van der Waals surface area contributed by atoms with Gasteiger partial charge in [0.15, 0.2) is 0 Å². The molecule has 0 radical (unpaired) electrons. The third-order valence-electron chi connectivity index (χ3n) is 4.49. The first-order valence-electron chi connectivity index (χ1n) is 8.99. The number of nitrogens with one attached hydrogen (secondary N) is 1. The van der Waals surface area contributed by atoms with Gasteiger partial charge in [-0.15, -0.1) is 0 Å². The number of nitrogens with zero attached hydrogens (tertiary/aromatic N) is 1. The molecule has 0 aliphatic heterocycles. The van der Waals surface area contributed by atoms with E-state index in [1.165, 1.54) is 4.90 Å². The van der Waals surface area contributed by atoms with Crippen molar-refractivity contribution >= 4 is 17.5 Å². The largest absolute Gasteiger partial charge is 0.497 e. The molecular formula is C21H27N3O3. The highest BCUT2D eigenvalue weighted by molar-refractivity contribution is 5.95. The summed E-state index contributed by atoms with van der Waals surface area (Å²) in [5, 5.41) is 2.79. The quantitative estimate of drug-likeness (QED) is 0.749. The number of nitrogens with two attached hydrogens (primary N) is 1. The summed E-state index contributed by atoms with van der Waals surface area (Å²) < 4.78 is 5.15. The third kappa shape index (κ3) is 5.56. The highest BCUT2D eigenvalue weighted by atomic mass is 16.5. The minimum Gasteiger partial charge on any atom is -0.497 e. The van der Waals surface area contributed by atoms with Crippen LogP contribution in [-0.4, -0.2) is 36.9 Å². The summed E-state index contributed by atoms with van der Waals surface area (Å²) in [6.07, 6.45) is 0. The predicted molar refractivity (Wildman–Crippen MR) is 106 cm³/mol. The molecule has 2 unspecified atom stereocenters. The molecule has 0 saturated heterocycles. The molecule has 3 N–H and O–H groups in total. The zero-order valence-electron chi connectivity index (χ0n) is 16.0. The number of carbonyl (C=O) groups excluding carboxylic acids is 2. The van der Waals surface area contributed by atoms with Gasteiger partial charge in [0, 0.05) is 24.3 Å². The maximum Gasteiger partial charge on any atom is 0.243 e. The highest BCUT2D eigenvalue weighted by Crippen LogP contribution is 2.21. The molecule has 6 heteroatoms. The minimum absolute atomic E-state index is 0.0294. The van der Waals surface area contributed by atoms with Gasteiger partial charge in [0.1, 0.15) is 5.75 Å². The number of benzene rings is 2. The lowest BCUT2D eigenvalue weighted by molar-refractivity contribution is -0.138. The number of methoxy groups -OCH3 is 1. The van der Waals surface area contributed by atoms with E-state index in [2.05, 4.69) is 5.32 Å². The molecule has 0 fully saturated rings. The predicted octanol–water partition coefficient (Wildman–Crippen LogP) is 2.82. The van der Waals surface area contributed by atoms with Gasteiger partial charge in [0.2, 0.25) is 11.8 Å². The summed E-state index contributed by atoms with van der Waals surface area (Å²) in [6, 6.07) is 16.2. The van der Waals surface area contributed by atoms with Crippen molar-refractivity contribution in [3.8, 4) is 5.75 Å². The fraction of sp³-hybridized carbons (Fsp3) is 0.333. The van der Waals surface area contributed by atoms with Gasteiger partial charge >= 0.3 is 0 Å². The fourth-order valence-electron chi connectivity index (χ4n) is 2.83. The summed E-state index contributed by atoms with van der Waals surface area (Å²) in [5.74, 6) is -0.191. The number of hydrogen-bond acceptors (Lipinski definition) is 4. The van der Waals surface area contributed by atoms with Crippen LogP contribution in [0.3, 0.4) is 0 Å². The van der Waals surface area contributed by atoms with E-state index >= 15 is 0 Å². The number of likely N-dealkylation sites (N-methyl/N-ethyl adjacent to an activating group) is 1. The van der Waals surface area contributed by atoms with Gasteiger partial charge in [-0.3, -0.25) is 9.59 Å². The summed E-state index contributed by atoms with van der Waals surface area (Å²) >= 11 is 0. The maximum absolute atomic E-state index is 12.8. The van der Waals surface area contributed by atoms with Crippen molar-refractivity contribution in [2.75, 3.05) is 25.5 Å². The Morgan fingerprint density at radius 3 is 2.48 bits per heavy atom. The van der Waals surface area contributed by atoms with Crippen LogP contribution >= 0.6 is 0 Å². The second-order valence-electron chi connectivity index (χ2n) is 6.36. The molecule has 144 valence electrons. The van der Waals surface area contributed by atoms with Crippen LogP contribution in [0.15, 0.2) is 54.6 Å². The molecule has 0 heterocycles. The van der Waals surface area contributed by atoms with E-state index in [-0.39, 0.29) is 18.4 Å². The van der Waals surface area contributed by atoms with Crippen LogP contribution in [0.5, 0.6) is 5.75 Å². The normalized spacial score (nSPS) is 12.7. The van der Waals surface area contributed by atoms with Crippen molar-refractivity contribution in [1.29, 1.82) is 0 Å². The van der Waals surface area contributed by atoms with E-state index in [0.717, 1.165) is 5.56 Å². The van der Waals surface area contributed by atoms with E-state index in [1.54, 1.807) is 38.3 Å². The average Bonchev–Trinajstić information content (AvgIpc) is 2.71. The van der Waals surface area contributed by atoms with Crippen molar-refractivity contribution in [3.63, 3.8) is 0 Å². The number of hydrogen-bond donors (Lipinski definition) is 2. The van der Waals surface area contributed by atoms with E-state index in [4.69, 9.17) is 10.5 Å². The van der Waals surface area contributed by atoms with E-state index in [0.29, 0.717) is 18.0 Å². The van der Waals surface area contributed by atoms with Crippen LogP contribution in [0.1, 0.15) is 25.5 Å². The van der Waals surface area contributed by atoms with Gasteiger partial charge in [0.25, 0.3) is 0 Å². The number of rotatable bonds is 8. The van der Waals surface area contributed by atoms with Crippen LogP contribution in [0.25, 0.3) is 0 Å². The first-order chi connectivity index (χ1) is 13.0. The lowest BCUT2D eigenvalue weighted by Crippen LogP contribution is -2.43. The molecule has 2 atom stereocenters. The average molecular weight is 369 g/mol. The first-order valence-corrected chi connectivity index (χ1v) is 8.99. The molecule has 2 amide bonds. The maximum atomic E-state index is 12.8. The van der Waals surface area contributed by atoms with Gasteiger partial charge in [0.05, 0.1) is 19.6 Å². The van der Waals surface area contributed by atoms with Crippen LogP contribution in [-0.2, 0) is 9.59 Å². The van der Waals surface area contributed by atoms with Crippen molar-refractivity contribution < 1.29 is 14.3 Å². The Morgan fingerprint density at radius 1 is 1.15 bits per heavy atom. The van der Waals surface area contributed by atoms with Crippen LogP contribution in [0.2, 0.25) is 0 Å². The first kappa shape index (κ1) is 20.5. The fourth-order valence-corrected chi connectivity index (χ4v) is 2.83. The summed E-state index contributed by atoms with van der Waals surface area (Å²) in [4.78, 5) is 26.7. The van der Waals surface area contributed by atoms with Crippen LogP contribution in [0, 0.1) is 5.92 Å². The van der Waals surface area contributed by atoms with Crippen molar-refractivity contribution in [3.05, 3.63) is 60.2 Å². The Morgan fingerprint density at radius 2 is 1.85 bits per heavy atom. The molecule has 2 aromatic rings. The molecule has 0 aliphatic rings. The Labute approximate surface area is 160 Å². The number of carbonyl (C=O) groups is 2. The second kappa shape index (κ2) is 9.73. The molecule has 2 aromatic carbocycles. The Balaban J connectivity index is 2.00. The zero-order valence-corrected chi connectivity index (χ0v) is 16.0. The van der Waals surface area contributed by atoms with Crippen LogP contribution < -0.4 is 15.8 Å². The van der Waals surface area contributed by atoms with E-state index < -0.39 is 12.0 Å². The summed E-state index contributed by atoms with van der Waals surface area (Å²) in [5.41, 5.74) is 7.78. The number of ether oxygens (including phenoxy) is 1. The molecular weight excluding hydrogens is 342 g/mol. The number of anilines is 1. The molecule has 6 nitrogen and oxygen atoms in total. The van der Waals surface area contributed by atoms with Crippen molar-refractivity contribution in [2.45, 2.75) is 19.9 Å². The standard InChI is InChI=1S/C21H27N3O3/c1-4-24(14-19(25)23-17-11-8-12-18(13-17)27-3)21(26)15(2)20(22)16-9-6-5-7-10-16/h5-13,15,20H,4,14,22H2,1-3H3,(H,23,25). The van der Waals surface area contributed by atoms with Gasteiger partial charge < -0.3 is 20.7 Å². The smallest absolute Gasteiger partial charge is 0.243 e. The molecule has 0 spiro atoms. The second-order valence-corrected chi connectivity index (χ2v) is 6.36. The van der Waals surface area contributed by atoms with Crippen molar-refractivity contribution in [1.82, 2.24) is 4.90 Å². The molecule has 2 rings (SSSR count). The van der Waals surface area contributed by atoms with Gasteiger partial charge in [-0.1, -0.05) is 43.3 Å². The minimum atomic E-state index is -0.433. The number of amides is 2. The van der Waals surface area contributed by atoms with Gasteiger partial charge in [-0.2, -0.15) is 0 Å². The third-order valence-corrected chi connectivity index (χ3v) is 4.49. The van der Waals surface area contributed by atoms with Gasteiger partial charge in [-0.05, 0) is 24.6 Å². The molecule has 0 bridgehead atoms. The summed E-state index contributed by atoms with van der Waals surface area (Å²) in [6.45, 7) is 4.04. The van der Waals surface area contributed by atoms with Gasteiger partial charge in [-0.25, -0.2) is 0 Å². The lowest BCUT2D eigenvalue weighted by Gasteiger charge is -2.27. The molecule has 0 aliphatic carbocycles. The Bertz CT molecular complexity index is 764. The van der Waals surface area contributed by atoms with Crippen LogP contribution in [0.4, 0.5) is 5.69 Å². The molecule has 27 heavy (non-hydrogen) atoms. The van der Waals surface area contributed by atoms with E-state index in [1.807, 2.05) is 37.3 Å². The topological polar surface area (TPSA) is 84.7 Å². The Hall–Kier alpha value is -2.86. The highest BCUT2D eigenvalue weighted by Gasteiger charge is 2.27. The molecule has 0 aromatic heterocycles. The SMILES string of the molecule is CCN(CC(=O)Nc1cccc(OC)c1)C(=O)C(C)C(N)c1ccccc1. The zero-order chi connectivity index (χ0) is 19.8. The van der Waals surface area contributed by atoms with E-state index in [9.17, 15) is 9.59 Å². The summed E-state index contributed by atoms with van der Waals surface area (Å²) in [7, 11) is 1.57. The Kier molecular flexibility index (Phi) is 7.37. The molecule has 0 saturated carbocycles. The lowest BCUT2D eigenvalue weighted by atomic mass is 9.94. The monoisotopic (exact) mass is 369 g/mol.